The summed E-state index contributed by atoms with van der Waals surface area (Å²) in [5, 5.41) is 0. The maximum absolute atomic E-state index is 12.6. The number of nitrogens with one attached hydrogen (secondary N) is 2. The van der Waals surface area contributed by atoms with E-state index < -0.39 is 10.0 Å². The van der Waals surface area contributed by atoms with Gasteiger partial charge in [-0.2, -0.15) is 4.31 Å². The molecule has 0 amide bonds. The summed E-state index contributed by atoms with van der Waals surface area (Å²) < 4.78 is 26.7. The molecule has 2 aromatic rings. The van der Waals surface area contributed by atoms with Crippen LogP contribution in [-0.4, -0.2) is 55.8 Å². The Labute approximate surface area is 142 Å². The van der Waals surface area contributed by atoms with Crippen molar-refractivity contribution < 1.29 is 8.42 Å². The third-order valence-electron chi connectivity index (χ3n) is 3.95. The zero-order valence-electron chi connectivity index (χ0n) is 13.5. The average Bonchev–Trinajstić information content (AvgIpc) is 2.61. The second kappa shape index (κ2) is 7.16. The van der Waals surface area contributed by atoms with E-state index in [9.17, 15) is 8.42 Å². The summed E-state index contributed by atoms with van der Waals surface area (Å²) >= 11 is 0. The number of anilines is 2. The maximum Gasteiger partial charge on any atom is 0.244 e. The van der Waals surface area contributed by atoms with Crippen LogP contribution in [0.25, 0.3) is 0 Å². The van der Waals surface area contributed by atoms with Crippen molar-refractivity contribution in [2.24, 2.45) is 0 Å². The zero-order chi connectivity index (χ0) is 17.0. The zero-order valence-corrected chi connectivity index (χ0v) is 14.3. The van der Waals surface area contributed by atoms with Crippen LogP contribution < -0.4 is 10.9 Å². The number of piperazine rings is 1. The molecule has 1 aromatic heterocycles. The van der Waals surface area contributed by atoms with E-state index in [1.165, 1.54) is 10.5 Å². The Bertz CT molecular complexity index is 757. The van der Waals surface area contributed by atoms with Gasteiger partial charge in [0.05, 0.1) is 5.69 Å². The summed E-state index contributed by atoms with van der Waals surface area (Å²) in [7, 11) is -1.48. The number of hydrazine groups is 1. The Morgan fingerprint density at radius 3 is 2.29 bits per heavy atom. The second-order valence-electron chi connectivity index (χ2n) is 5.70. The van der Waals surface area contributed by atoms with Gasteiger partial charge in [-0.15, -0.1) is 0 Å². The van der Waals surface area contributed by atoms with Crippen LogP contribution in [0, 0.1) is 0 Å². The van der Waals surface area contributed by atoms with Gasteiger partial charge < -0.3 is 4.90 Å². The summed E-state index contributed by atoms with van der Waals surface area (Å²) in [6.07, 6.45) is 1.39. The fraction of sp³-hybridized carbons (Fsp3) is 0.312. The van der Waals surface area contributed by atoms with Crippen molar-refractivity contribution in [3.8, 4) is 0 Å². The van der Waals surface area contributed by atoms with Crippen LogP contribution in [0.5, 0.6) is 0 Å². The van der Waals surface area contributed by atoms with Crippen molar-refractivity contribution in [1.29, 1.82) is 0 Å². The maximum atomic E-state index is 12.6. The third kappa shape index (κ3) is 3.84. The van der Waals surface area contributed by atoms with E-state index in [0.29, 0.717) is 18.9 Å². The summed E-state index contributed by atoms with van der Waals surface area (Å²) in [6, 6.07) is 12.8. The van der Waals surface area contributed by atoms with E-state index in [1.807, 2.05) is 37.4 Å². The Kier molecular flexibility index (Phi) is 4.98. The molecular formula is C16H21N5O2S. The fourth-order valence-corrected chi connectivity index (χ4v) is 3.81. The van der Waals surface area contributed by atoms with Gasteiger partial charge in [0.1, 0.15) is 10.7 Å². The molecule has 2 heterocycles. The molecule has 24 heavy (non-hydrogen) atoms. The van der Waals surface area contributed by atoms with E-state index in [4.69, 9.17) is 0 Å². The van der Waals surface area contributed by atoms with Crippen LogP contribution in [0.3, 0.4) is 0 Å². The molecule has 1 aromatic carbocycles. The number of sulfonamides is 1. The number of hydrogen-bond donors (Lipinski definition) is 2. The number of pyridine rings is 1. The van der Waals surface area contributed by atoms with Gasteiger partial charge in [-0.1, -0.05) is 18.2 Å². The molecule has 0 bridgehead atoms. The number of aromatic nitrogens is 1. The van der Waals surface area contributed by atoms with Crippen LogP contribution in [0.4, 0.5) is 11.5 Å². The molecule has 8 heteroatoms. The predicted octanol–water partition coefficient (Wildman–Crippen LogP) is 1.46. The Morgan fingerprint density at radius 2 is 1.67 bits per heavy atom. The van der Waals surface area contributed by atoms with E-state index >= 15 is 0 Å². The van der Waals surface area contributed by atoms with E-state index in [2.05, 4.69) is 20.7 Å². The van der Waals surface area contributed by atoms with Gasteiger partial charge in [0, 0.05) is 32.4 Å². The highest BCUT2D eigenvalue weighted by Crippen LogP contribution is 2.18. The lowest BCUT2D eigenvalue weighted by atomic mass is 10.3. The molecule has 0 saturated carbocycles. The van der Waals surface area contributed by atoms with Gasteiger partial charge >= 0.3 is 0 Å². The number of nitrogens with zero attached hydrogens (tertiary/aromatic N) is 3. The van der Waals surface area contributed by atoms with Crippen molar-refractivity contribution in [1.82, 2.24) is 14.2 Å². The van der Waals surface area contributed by atoms with Gasteiger partial charge in [0.15, 0.2) is 0 Å². The molecular weight excluding hydrogens is 326 g/mol. The van der Waals surface area contributed by atoms with Crippen LogP contribution >= 0.6 is 0 Å². The lowest BCUT2D eigenvalue weighted by Gasteiger charge is -2.31. The van der Waals surface area contributed by atoms with E-state index in [1.54, 1.807) is 12.1 Å². The Morgan fingerprint density at radius 1 is 0.958 bits per heavy atom. The van der Waals surface area contributed by atoms with Crippen molar-refractivity contribution >= 4 is 21.5 Å². The molecule has 1 fully saturated rings. The fourth-order valence-electron chi connectivity index (χ4n) is 2.44. The minimum Gasteiger partial charge on any atom is -0.304 e. The van der Waals surface area contributed by atoms with Crippen molar-refractivity contribution in [3.05, 3.63) is 48.7 Å². The number of hydrogen-bond acceptors (Lipinski definition) is 6. The first-order valence-corrected chi connectivity index (χ1v) is 9.21. The lowest BCUT2D eigenvalue weighted by molar-refractivity contribution is 0.222. The van der Waals surface area contributed by atoms with Crippen LogP contribution in [0.1, 0.15) is 0 Å². The van der Waals surface area contributed by atoms with Gasteiger partial charge in [-0.05, 0) is 31.3 Å². The summed E-state index contributed by atoms with van der Waals surface area (Å²) in [5.74, 6) is 0.552. The lowest BCUT2D eigenvalue weighted by Crippen LogP contribution is -2.47. The largest absolute Gasteiger partial charge is 0.304 e. The number of likely N-dealkylation sites (N-methyl/N-ethyl adjacent to an activating group) is 1. The summed E-state index contributed by atoms with van der Waals surface area (Å²) in [6.45, 7) is 2.50. The minimum atomic E-state index is -3.47. The van der Waals surface area contributed by atoms with Crippen LogP contribution in [-0.2, 0) is 10.0 Å². The molecule has 0 aliphatic carbocycles. The molecule has 128 valence electrons. The normalized spacial score (nSPS) is 16.7. The highest BCUT2D eigenvalue weighted by Gasteiger charge is 2.27. The topological polar surface area (TPSA) is 77.6 Å². The number of benzene rings is 1. The van der Waals surface area contributed by atoms with E-state index in [-0.39, 0.29) is 4.90 Å². The second-order valence-corrected chi connectivity index (χ2v) is 7.64. The van der Waals surface area contributed by atoms with Crippen LogP contribution in [0.2, 0.25) is 0 Å². The van der Waals surface area contributed by atoms with Gasteiger partial charge in [-0.25, -0.2) is 13.4 Å². The standard InChI is InChI=1S/C16H21N5O2S/c1-20-9-11-21(12-10-20)24(22,23)15-7-8-16(17-13-15)19-18-14-5-3-2-4-6-14/h2-8,13,18H,9-12H2,1H3,(H,17,19). The third-order valence-corrected chi connectivity index (χ3v) is 5.83. The van der Waals surface area contributed by atoms with E-state index in [0.717, 1.165) is 18.8 Å². The first-order chi connectivity index (χ1) is 11.6. The molecule has 1 saturated heterocycles. The first kappa shape index (κ1) is 16.7. The SMILES string of the molecule is CN1CCN(S(=O)(=O)c2ccc(NNc3ccccc3)nc2)CC1. The highest BCUT2D eigenvalue weighted by molar-refractivity contribution is 7.89. The predicted molar refractivity (Wildman–Crippen MR) is 94.2 cm³/mol. The van der Waals surface area contributed by atoms with Gasteiger partial charge in [0.25, 0.3) is 0 Å². The quantitative estimate of drug-likeness (QED) is 0.798. The van der Waals surface area contributed by atoms with Crippen molar-refractivity contribution in [3.63, 3.8) is 0 Å². The average molecular weight is 347 g/mol. The molecule has 7 nitrogen and oxygen atoms in total. The molecule has 0 atom stereocenters. The van der Waals surface area contributed by atoms with Crippen LogP contribution in [0.15, 0.2) is 53.6 Å². The summed E-state index contributed by atoms with van der Waals surface area (Å²) in [5.41, 5.74) is 6.85. The first-order valence-electron chi connectivity index (χ1n) is 7.77. The number of para-hydroxylation sites is 1. The van der Waals surface area contributed by atoms with Crippen molar-refractivity contribution in [2.75, 3.05) is 44.1 Å². The Hall–Kier alpha value is -2.16. The molecule has 3 rings (SSSR count). The van der Waals surface area contributed by atoms with Gasteiger partial charge in [-0.3, -0.25) is 10.9 Å². The highest BCUT2D eigenvalue weighted by atomic mass is 32.2. The molecule has 1 aliphatic heterocycles. The number of rotatable bonds is 5. The smallest absolute Gasteiger partial charge is 0.244 e. The molecule has 0 radical (unpaired) electrons. The minimum absolute atomic E-state index is 0.220. The molecule has 0 unspecified atom stereocenters. The molecule has 1 aliphatic rings. The molecule has 0 spiro atoms. The van der Waals surface area contributed by atoms with Crippen molar-refractivity contribution in [2.45, 2.75) is 4.90 Å². The summed E-state index contributed by atoms with van der Waals surface area (Å²) in [4.78, 5) is 6.52. The monoisotopic (exact) mass is 347 g/mol. The Balaban J connectivity index is 1.65. The molecule has 2 N–H and O–H groups in total. The van der Waals surface area contributed by atoms with Gasteiger partial charge in [0.2, 0.25) is 10.0 Å².